The summed E-state index contributed by atoms with van der Waals surface area (Å²) in [6.07, 6.45) is 1.26. The number of hydrogen-bond donors (Lipinski definition) is 2. The number of nitrogens with one attached hydrogen (secondary N) is 1. The molecule has 0 amide bonds. The van der Waals surface area contributed by atoms with Gasteiger partial charge in [0.15, 0.2) is 5.82 Å². The third-order valence-corrected chi connectivity index (χ3v) is 8.51. The average Bonchev–Trinajstić information content (AvgIpc) is 3.57. The van der Waals surface area contributed by atoms with E-state index in [4.69, 9.17) is 4.74 Å². The number of aryl methyl sites for hydroxylation is 2. The van der Waals surface area contributed by atoms with Crippen LogP contribution in [0, 0.1) is 13.8 Å². The number of hydrogen-bond acceptors (Lipinski definition) is 8. The van der Waals surface area contributed by atoms with Gasteiger partial charge in [0.2, 0.25) is 0 Å². The second-order valence-corrected chi connectivity index (χ2v) is 11.3. The number of anilines is 1. The normalized spacial score (nSPS) is 19.3. The van der Waals surface area contributed by atoms with Crippen molar-refractivity contribution in [1.29, 1.82) is 0 Å². The number of H-pyrrole nitrogens is 1. The number of benzene rings is 2. The van der Waals surface area contributed by atoms with E-state index in [1.807, 2.05) is 37.3 Å². The van der Waals surface area contributed by atoms with Crippen LogP contribution < -0.4 is 15.6 Å². The fourth-order valence-corrected chi connectivity index (χ4v) is 6.07. The molecule has 1 saturated heterocycles. The van der Waals surface area contributed by atoms with Crippen molar-refractivity contribution < 1.29 is 18.3 Å². The minimum atomic E-state index is -4.06. The first-order valence-corrected chi connectivity index (χ1v) is 13.7. The predicted octanol–water partition coefficient (Wildman–Crippen LogP) is 1.66. The van der Waals surface area contributed by atoms with E-state index in [2.05, 4.69) is 15.3 Å². The number of aliphatic hydroxyl groups is 1. The molecule has 39 heavy (non-hydrogen) atoms. The quantitative estimate of drug-likeness (QED) is 0.335. The molecule has 204 valence electrons. The molecule has 1 aliphatic heterocycles. The summed E-state index contributed by atoms with van der Waals surface area (Å²) in [7, 11) is -4.06. The molecule has 1 fully saturated rings. The van der Waals surface area contributed by atoms with Gasteiger partial charge in [0, 0.05) is 18.2 Å². The van der Waals surface area contributed by atoms with Gasteiger partial charge >= 0.3 is 5.69 Å². The van der Waals surface area contributed by atoms with Crippen molar-refractivity contribution in [3.05, 3.63) is 105 Å². The van der Waals surface area contributed by atoms with Crippen LogP contribution in [0.3, 0.4) is 0 Å². The van der Waals surface area contributed by atoms with E-state index in [9.17, 15) is 23.1 Å². The summed E-state index contributed by atoms with van der Waals surface area (Å²) < 4.78 is 37.8. The third kappa shape index (κ3) is 5.15. The number of nitrogens with zero attached hydrogens (tertiary/aromatic N) is 5. The molecule has 5 rings (SSSR count). The van der Waals surface area contributed by atoms with Crippen LogP contribution in [0.1, 0.15) is 35.4 Å². The van der Waals surface area contributed by atoms with E-state index < -0.39 is 46.3 Å². The maximum absolute atomic E-state index is 14.0. The Hall–Kier alpha value is -4.07. The van der Waals surface area contributed by atoms with E-state index >= 15 is 0 Å². The second-order valence-electron chi connectivity index (χ2n) is 9.44. The van der Waals surface area contributed by atoms with Crippen molar-refractivity contribution in [2.75, 3.05) is 10.9 Å². The standard InChI is InChI=1S/C26H28N6O6S/c1-17-8-10-20(11-9-17)39(36,37)31(15-19-6-4-3-5-7-19)23-13-27-29-32(23)21-12-24(38-22(21)16-33)30-14-18(2)25(34)28-26(30)35/h3-11,13-14,21-22,24,33H,12,15-16H2,1-2H3,(H,28,34,35)/t21-,22+,24+/m0/s1. The van der Waals surface area contributed by atoms with Crippen molar-refractivity contribution in [1.82, 2.24) is 24.5 Å². The van der Waals surface area contributed by atoms with Crippen LogP contribution in [0.25, 0.3) is 0 Å². The number of rotatable bonds is 8. The number of aromatic nitrogens is 5. The second kappa shape index (κ2) is 10.6. The SMILES string of the molecule is Cc1ccc(S(=O)(=O)N(Cc2ccccc2)c2cnnn2[C@H]2C[C@H](n3cc(C)c(=O)[nH]c3=O)O[C@@H]2CO)cc1. The first-order chi connectivity index (χ1) is 18.7. The van der Waals surface area contributed by atoms with Crippen LogP contribution in [0.15, 0.2) is 81.5 Å². The summed E-state index contributed by atoms with van der Waals surface area (Å²) in [5.74, 6) is 0.178. The van der Waals surface area contributed by atoms with Crippen molar-refractivity contribution in [2.24, 2.45) is 0 Å². The molecule has 3 atom stereocenters. The third-order valence-electron chi connectivity index (χ3n) is 6.74. The van der Waals surface area contributed by atoms with Gasteiger partial charge in [0.05, 0.1) is 30.3 Å². The first kappa shape index (κ1) is 26.5. The molecule has 2 N–H and O–H groups in total. The molecule has 0 spiro atoms. The van der Waals surface area contributed by atoms with Gasteiger partial charge in [-0.2, -0.15) is 0 Å². The van der Waals surface area contributed by atoms with Crippen LogP contribution >= 0.6 is 0 Å². The Morgan fingerprint density at radius 2 is 1.82 bits per heavy atom. The van der Waals surface area contributed by atoms with Crippen molar-refractivity contribution in [3.63, 3.8) is 0 Å². The number of sulfonamides is 1. The first-order valence-electron chi connectivity index (χ1n) is 12.3. The number of aliphatic hydroxyl groups excluding tert-OH is 1. The summed E-state index contributed by atoms with van der Waals surface area (Å²) in [5.41, 5.74) is 0.834. The fraction of sp³-hybridized carbons (Fsp3) is 0.308. The maximum Gasteiger partial charge on any atom is 0.330 e. The molecule has 1 aliphatic rings. The minimum Gasteiger partial charge on any atom is -0.394 e. The highest BCUT2D eigenvalue weighted by molar-refractivity contribution is 7.92. The monoisotopic (exact) mass is 552 g/mol. The molecule has 13 heteroatoms. The molecule has 0 aliphatic carbocycles. The Morgan fingerprint density at radius 3 is 2.51 bits per heavy atom. The average molecular weight is 553 g/mol. The van der Waals surface area contributed by atoms with Crippen LogP contribution in [0.4, 0.5) is 5.82 Å². The highest BCUT2D eigenvalue weighted by atomic mass is 32.2. The molecule has 12 nitrogen and oxygen atoms in total. The van der Waals surface area contributed by atoms with Gasteiger partial charge in [-0.1, -0.05) is 53.2 Å². The van der Waals surface area contributed by atoms with E-state index in [1.54, 1.807) is 31.2 Å². The summed E-state index contributed by atoms with van der Waals surface area (Å²) in [5, 5.41) is 18.3. The highest BCUT2D eigenvalue weighted by Crippen LogP contribution is 2.38. The van der Waals surface area contributed by atoms with Crippen LogP contribution in [-0.4, -0.2) is 50.8 Å². The van der Waals surface area contributed by atoms with Gasteiger partial charge < -0.3 is 9.84 Å². The Bertz CT molecular complexity index is 1680. The summed E-state index contributed by atoms with van der Waals surface area (Å²) in [6, 6.07) is 15.0. The van der Waals surface area contributed by atoms with E-state index in [1.165, 1.54) is 25.9 Å². The van der Waals surface area contributed by atoms with E-state index in [0.29, 0.717) is 5.56 Å². The summed E-state index contributed by atoms with van der Waals surface area (Å²) >= 11 is 0. The maximum atomic E-state index is 14.0. The van der Waals surface area contributed by atoms with E-state index in [0.717, 1.165) is 11.1 Å². The van der Waals surface area contributed by atoms with Gasteiger partial charge in [-0.05, 0) is 31.5 Å². The largest absolute Gasteiger partial charge is 0.394 e. The lowest BCUT2D eigenvalue weighted by Crippen LogP contribution is -2.34. The molecular formula is C26H28N6O6S. The molecule has 0 unspecified atom stereocenters. The van der Waals surface area contributed by atoms with Crippen LogP contribution in [0.5, 0.6) is 0 Å². The molecule has 0 bridgehead atoms. The topological polar surface area (TPSA) is 152 Å². The lowest BCUT2D eigenvalue weighted by molar-refractivity contribution is -0.0322. The molecule has 4 aromatic rings. The Balaban J connectivity index is 1.56. The fourth-order valence-electron chi connectivity index (χ4n) is 4.64. The Labute approximate surface area is 224 Å². The van der Waals surface area contributed by atoms with Gasteiger partial charge in [-0.25, -0.2) is 22.2 Å². The van der Waals surface area contributed by atoms with Crippen molar-refractivity contribution in [2.45, 2.75) is 50.1 Å². The predicted molar refractivity (Wildman–Crippen MR) is 142 cm³/mol. The summed E-state index contributed by atoms with van der Waals surface area (Å²) in [4.78, 5) is 26.7. The van der Waals surface area contributed by atoms with E-state index in [-0.39, 0.29) is 23.7 Å². The Kier molecular flexibility index (Phi) is 7.21. The number of ether oxygens (including phenoxy) is 1. The molecular weight excluding hydrogens is 524 g/mol. The van der Waals surface area contributed by atoms with Gasteiger partial charge in [-0.3, -0.25) is 14.3 Å². The zero-order valence-corrected chi connectivity index (χ0v) is 22.2. The molecule has 2 aromatic heterocycles. The van der Waals surface area contributed by atoms with Crippen LogP contribution in [0.2, 0.25) is 0 Å². The van der Waals surface area contributed by atoms with Gasteiger partial charge in [0.1, 0.15) is 12.3 Å². The molecule has 0 saturated carbocycles. The van der Waals surface area contributed by atoms with Crippen molar-refractivity contribution >= 4 is 15.8 Å². The Morgan fingerprint density at radius 1 is 1.10 bits per heavy atom. The van der Waals surface area contributed by atoms with Crippen molar-refractivity contribution in [3.8, 4) is 0 Å². The lowest BCUT2D eigenvalue weighted by atomic mass is 10.1. The van der Waals surface area contributed by atoms with Gasteiger partial charge in [0.25, 0.3) is 15.6 Å². The lowest BCUT2D eigenvalue weighted by Gasteiger charge is -2.27. The minimum absolute atomic E-state index is 0.00377. The molecule has 3 heterocycles. The number of aromatic amines is 1. The molecule has 2 aromatic carbocycles. The highest BCUT2D eigenvalue weighted by Gasteiger charge is 2.41. The molecule has 0 radical (unpaired) electrons. The zero-order valence-electron chi connectivity index (χ0n) is 21.3. The summed E-state index contributed by atoms with van der Waals surface area (Å²) in [6.45, 7) is 3.03. The zero-order chi connectivity index (χ0) is 27.7. The van der Waals surface area contributed by atoms with Gasteiger partial charge in [-0.15, -0.1) is 5.10 Å². The van der Waals surface area contributed by atoms with Crippen LogP contribution in [-0.2, 0) is 21.3 Å². The smallest absolute Gasteiger partial charge is 0.330 e.